The quantitative estimate of drug-likeness (QED) is 0.528. The van der Waals surface area contributed by atoms with Crippen molar-refractivity contribution >= 4 is 16.5 Å². The van der Waals surface area contributed by atoms with E-state index in [1.54, 1.807) is 22.3 Å². The zero-order chi connectivity index (χ0) is 15.3. The molecule has 0 fully saturated rings. The van der Waals surface area contributed by atoms with Gasteiger partial charge in [0.15, 0.2) is 0 Å². The van der Waals surface area contributed by atoms with Crippen LogP contribution in [0.5, 0.6) is 0 Å². The molecule has 2 aromatic carbocycles. The van der Waals surface area contributed by atoms with Gasteiger partial charge in [-0.2, -0.15) is 0 Å². The summed E-state index contributed by atoms with van der Waals surface area (Å²) in [6.07, 6.45) is 2.62. The summed E-state index contributed by atoms with van der Waals surface area (Å²) in [6, 6.07) is 18.5. The molecule has 0 saturated carbocycles. The van der Waals surface area contributed by atoms with Gasteiger partial charge in [-0.15, -0.1) is 8.58 Å². The molecular weight excluding hydrogens is 302 g/mol. The smallest absolute Gasteiger partial charge is 0.0158 e. The lowest BCUT2D eigenvalue weighted by atomic mass is 9.98. The molecule has 0 nitrogen and oxygen atoms in total. The minimum absolute atomic E-state index is 0.00498. The van der Waals surface area contributed by atoms with Gasteiger partial charge in [-0.1, -0.05) is 77.2 Å². The molecule has 2 aliphatic rings. The van der Waals surface area contributed by atoms with Crippen LogP contribution < -0.4 is 0 Å². The van der Waals surface area contributed by atoms with Crippen molar-refractivity contribution in [3.05, 3.63) is 70.8 Å². The zero-order valence-electron chi connectivity index (χ0n) is 13.6. The Hall–Kier alpha value is -0.700. The highest BCUT2D eigenvalue weighted by molar-refractivity contribution is 7.60. The van der Waals surface area contributed by atoms with Crippen LogP contribution in [-0.2, 0) is 12.3 Å². The van der Waals surface area contributed by atoms with Gasteiger partial charge in [0.1, 0.15) is 0 Å². The first kappa shape index (κ1) is 14.9. The first-order chi connectivity index (χ1) is 10.6. The average Bonchev–Trinajstić information content (AvgIpc) is 3.07. The van der Waals surface area contributed by atoms with E-state index < -0.39 is 0 Å². The van der Waals surface area contributed by atoms with Crippen molar-refractivity contribution < 1.29 is 0 Å². The summed E-state index contributed by atoms with van der Waals surface area (Å²) in [4.78, 5) is 0. The normalized spacial score (nSPS) is 27.9. The fraction of sp³-hybridized carbons (Fsp3) is 0.400. The van der Waals surface area contributed by atoms with Crippen LogP contribution in [0, 0.1) is 0 Å². The van der Waals surface area contributed by atoms with Crippen LogP contribution >= 0.6 is 16.5 Å². The van der Waals surface area contributed by atoms with E-state index in [2.05, 4.69) is 69.3 Å². The molecule has 2 heteroatoms. The van der Waals surface area contributed by atoms with Gasteiger partial charge < -0.3 is 0 Å². The molecule has 4 unspecified atom stereocenters. The standard InChI is InChI=1S/C20H24P2/c1-20(2,3)22-13-15-9-5-7-11-17(15)19(22)18-16-10-6-4-8-14(16)12-21-18/h4-11,18-19,21H,12-13H2,1-3H3. The molecule has 0 saturated heterocycles. The topological polar surface area (TPSA) is 0 Å². The summed E-state index contributed by atoms with van der Waals surface area (Å²) in [6.45, 7) is 7.38. The Balaban J connectivity index is 1.81. The molecule has 2 aliphatic heterocycles. The molecule has 0 aliphatic carbocycles. The summed E-state index contributed by atoms with van der Waals surface area (Å²) in [5.74, 6) is 0. The Bertz CT molecular complexity index is 699. The van der Waals surface area contributed by atoms with Gasteiger partial charge in [0.25, 0.3) is 0 Å². The van der Waals surface area contributed by atoms with Gasteiger partial charge in [-0.25, -0.2) is 0 Å². The maximum atomic E-state index is 2.46. The predicted octanol–water partition coefficient (Wildman–Crippen LogP) is 6.46. The molecule has 4 rings (SSSR count). The summed E-state index contributed by atoms with van der Waals surface area (Å²) in [7, 11) is 1.06. The first-order valence-electron chi connectivity index (χ1n) is 8.21. The van der Waals surface area contributed by atoms with Crippen LogP contribution in [0.25, 0.3) is 0 Å². The fourth-order valence-electron chi connectivity index (χ4n) is 4.04. The molecule has 22 heavy (non-hydrogen) atoms. The van der Waals surface area contributed by atoms with E-state index in [1.165, 1.54) is 12.3 Å². The van der Waals surface area contributed by atoms with Crippen LogP contribution in [0.15, 0.2) is 48.5 Å². The second-order valence-electron chi connectivity index (χ2n) is 7.50. The zero-order valence-corrected chi connectivity index (χ0v) is 15.5. The van der Waals surface area contributed by atoms with E-state index in [1.807, 2.05) is 0 Å². The molecule has 114 valence electrons. The van der Waals surface area contributed by atoms with E-state index in [9.17, 15) is 0 Å². The highest BCUT2D eigenvalue weighted by Crippen LogP contribution is 2.74. The average molecular weight is 326 g/mol. The Morgan fingerprint density at radius 3 is 2.27 bits per heavy atom. The Labute approximate surface area is 137 Å². The summed E-state index contributed by atoms with van der Waals surface area (Å²) in [5, 5.41) is 0.432. The lowest BCUT2D eigenvalue weighted by molar-refractivity contribution is 0.758. The van der Waals surface area contributed by atoms with E-state index in [0.29, 0.717) is 5.16 Å². The number of fused-ring (bicyclic) bond motifs is 2. The lowest BCUT2D eigenvalue weighted by Crippen LogP contribution is -2.16. The largest absolute Gasteiger partial charge is 0.109 e. The summed E-state index contributed by atoms with van der Waals surface area (Å²) in [5.41, 5.74) is 8.09. The number of hydrogen-bond donors (Lipinski definition) is 0. The highest BCUT2D eigenvalue weighted by Gasteiger charge is 2.44. The second-order valence-corrected chi connectivity index (χ2v) is 12.0. The molecule has 0 spiro atoms. The minimum atomic E-state index is -0.00498. The third kappa shape index (κ3) is 2.36. The molecule has 0 bridgehead atoms. The van der Waals surface area contributed by atoms with Crippen molar-refractivity contribution in [2.45, 2.75) is 49.6 Å². The number of hydrogen-bond acceptors (Lipinski definition) is 0. The van der Waals surface area contributed by atoms with Crippen LogP contribution in [-0.4, -0.2) is 5.16 Å². The van der Waals surface area contributed by atoms with Gasteiger partial charge in [0, 0.05) is 11.3 Å². The molecule has 2 heterocycles. The van der Waals surface area contributed by atoms with Crippen molar-refractivity contribution in [3.63, 3.8) is 0 Å². The summed E-state index contributed by atoms with van der Waals surface area (Å²) >= 11 is 0. The monoisotopic (exact) mass is 326 g/mol. The maximum absolute atomic E-state index is 2.46. The van der Waals surface area contributed by atoms with E-state index >= 15 is 0 Å². The fourth-order valence-corrected chi connectivity index (χ4v) is 9.83. The third-order valence-electron chi connectivity index (χ3n) is 5.13. The van der Waals surface area contributed by atoms with Crippen LogP contribution in [0.2, 0.25) is 0 Å². The molecule has 0 amide bonds. The molecule has 4 atom stereocenters. The van der Waals surface area contributed by atoms with Gasteiger partial charge >= 0.3 is 0 Å². The number of benzene rings is 2. The van der Waals surface area contributed by atoms with Crippen molar-refractivity contribution in [1.82, 2.24) is 0 Å². The third-order valence-corrected chi connectivity index (χ3v) is 10.7. The predicted molar refractivity (Wildman–Crippen MR) is 101 cm³/mol. The minimum Gasteiger partial charge on any atom is -0.109 e. The maximum Gasteiger partial charge on any atom is 0.0158 e. The van der Waals surface area contributed by atoms with Crippen LogP contribution in [0.1, 0.15) is 54.3 Å². The first-order valence-corrected chi connectivity index (χ1v) is 11.1. The lowest BCUT2D eigenvalue weighted by Gasteiger charge is -2.36. The summed E-state index contributed by atoms with van der Waals surface area (Å²) < 4.78 is 0. The van der Waals surface area contributed by atoms with E-state index in [0.717, 1.165) is 19.9 Å². The molecule has 0 aromatic heterocycles. The number of rotatable bonds is 1. The SMILES string of the molecule is CC(C)(C)P1Cc2ccccc2C1C1PCc2ccccc21. The molecule has 0 radical (unpaired) electrons. The van der Waals surface area contributed by atoms with Crippen LogP contribution in [0.3, 0.4) is 0 Å². The van der Waals surface area contributed by atoms with Gasteiger partial charge in [-0.05, 0) is 39.7 Å². The van der Waals surface area contributed by atoms with Gasteiger partial charge in [0.2, 0.25) is 0 Å². The highest BCUT2D eigenvalue weighted by atomic mass is 31.1. The van der Waals surface area contributed by atoms with Gasteiger partial charge in [0.05, 0.1) is 0 Å². The molecular formula is C20H24P2. The van der Waals surface area contributed by atoms with Crippen molar-refractivity contribution in [2.24, 2.45) is 0 Å². The van der Waals surface area contributed by atoms with Crippen molar-refractivity contribution in [3.8, 4) is 0 Å². The Morgan fingerprint density at radius 2 is 1.55 bits per heavy atom. The van der Waals surface area contributed by atoms with Crippen molar-refractivity contribution in [2.75, 3.05) is 0 Å². The van der Waals surface area contributed by atoms with E-state index in [4.69, 9.17) is 0 Å². The van der Waals surface area contributed by atoms with Crippen LogP contribution in [0.4, 0.5) is 0 Å². The molecule has 2 aromatic rings. The van der Waals surface area contributed by atoms with Crippen molar-refractivity contribution in [1.29, 1.82) is 0 Å². The second kappa shape index (κ2) is 5.43. The Morgan fingerprint density at radius 1 is 0.909 bits per heavy atom. The Kier molecular flexibility index (Phi) is 3.67. The molecule has 0 N–H and O–H groups in total. The van der Waals surface area contributed by atoms with Gasteiger partial charge in [-0.3, -0.25) is 0 Å². The van der Waals surface area contributed by atoms with E-state index in [-0.39, 0.29) is 7.92 Å².